The Labute approximate surface area is 75.4 Å². The zero-order chi connectivity index (χ0) is 9.10. The quantitative estimate of drug-likeness (QED) is 0.430. The van der Waals surface area contributed by atoms with Crippen molar-refractivity contribution in [3.8, 4) is 0 Å². The van der Waals surface area contributed by atoms with E-state index in [0.717, 1.165) is 11.4 Å². The lowest BCUT2D eigenvalue weighted by atomic mass is 10.3. The number of hydrazine groups is 1. The highest BCUT2D eigenvalue weighted by Gasteiger charge is 2.04. The number of aliphatic imine (C=N–C) groups is 2. The van der Waals surface area contributed by atoms with Gasteiger partial charge in [-0.3, -0.25) is 9.98 Å². The summed E-state index contributed by atoms with van der Waals surface area (Å²) in [4.78, 5) is 12.5. The van der Waals surface area contributed by atoms with Gasteiger partial charge >= 0.3 is 0 Å². The SMILES string of the molecule is NNC1=Nc2cccnc2C=NC1. The molecule has 0 saturated heterocycles. The van der Waals surface area contributed by atoms with Gasteiger partial charge in [-0.2, -0.15) is 0 Å². The van der Waals surface area contributed by atoms with E-state index in [0.29, 0.717) is 12.4 Å². The lowest BCUT2D eigenvalue weighted by molar-refractivity contribution is 0.993. The largest absolute Gasteiger partial charge is 0.310 e. The number of nitrogens with zero attached hydrogens (tertiary/aromatic N) is 3. The fourth-order valence-electron chi connectivity index (χ4n) is 1.08. The van der Waals surface area contributed by atoms with Crippen LogP contribution in [0.3, 0.4) is 0 Å². The summed E-state index contributed by atoms with van der Waals surface area (Å²) in [6, 6.07) is 3.70. The van der Waals surface area contributed by atoms with Crippen LogP contribution in [0, 0.1) is 0 Å². The van der Waals surface area contributed by atoms with Crippen LogP contribution in [0.25, 0.3) is 0 Å². The zero-order valence-electron chi connectivity index (χ0n) is 6.94. The number of hydrogen-bond donors (Lipinski definition) is 2. The second-order valence-electron chi connectivity index (χ2n) is 2.58. The Kier molecular flexibility index (Phi) is 2.01. The number of nitrogens with one attached hydrogen (secondary N) is 1. The van der Waals surface area contributed by atoms with Gasteiger partial charge in [-0.05, 0) is 12.1 Å². The third-order valence-corrected chi connectivity index (χ3v) is 1.69. The topological polar surface area (TPSA) is 75.7 Å². The molecule has 13 heavy (non-hydrogen) atoms. The monoisotopic (exact) mass is 175 g/mol. The van der Waals surface area contributed by atoms with Crippen molar-refractivity contribution in [2.24, 2.45) is 15.8 Å². The van der Waals surface area contributed by atoms with Crippen molar-refractivity contribution in [3.63, 3.8) is 0 Å². The van der Waals surface area contributed by atoms with E-state index >= 15 is 0 Å². The molecule has 0 unspecified atom stereocenters. The Morgan fingerprint density at radius 1 is 1.46 bits per heavy atom. The van der Waals surface area contributed by atoms with Crippen LogP contribution < -0.4 is 11.3 Å². The highest BCUT2D eigenvalue weighted by molar-refractivity contribution is 5.94. The first-order valence-electron chi connectivity index (χ1n) is 3.89. The molecule has 2 heterocycles. The van der Waals surface area contributed by atoms with Gasteiger partial charge in [-0.1, -0.05) is 0 Å². The minimum atomic E-state index is 0.465. The Hall–Kier alpha value is -1.75. The average molecular weight is 175 g/mol. The van der Waals surface area contributed by atoms with Crippen LogP contribution in [0.15, 0.2) is 28.3 Å². The van der Waals surface area contributed by atoms with Crippen LogP contribution in [-0.2, 0) is 0 Å². The number of aromatic nitrogens is 1. The molecule has 0 fully saturated rings. The van der Waals surface area contributed by atoms with Gasteiger partial charge in [0.15, 0.2) is 0 Å². The van der Waals surface area contributed by atoms with Gasteiger partial charge in [0.25, 0.3) is 0 Å². The van der Waals surface area contributed by atoms with E-state index in [1.165, 1.54) is 0 Å². The standard InChI is InChI=1S/C8H9N5/c9-13-8-5-10-4-7-6(12-8)2-1-3-11-7/h1-4H,5,9H2,(H,12,13). The lowest BCUT2D eigenvalue weighted by Crippen LogP contribution is -2.31. The number of nitrogens with two attached hydrogens (primary N) is 1. The molecule has 0 spiro atoms. The van der Waals surface area contributed by atoms with Gasteiger partial charge in [0.05, 0.1) is 12.2 Å². The first-order valence-corrected chi connectivity index (χ1v) is 3.89. The molecule has 2 rings (SSSR count). The molecule has 1 aliphatic heterocycles. The summed E-state index contributed by atoms with van der Waals surface area (Å²) in [6.07, 6.45) is 3.41. The van der Waals surface area contributed by atoms with Crippen molar-refractivity contribution < 1.29 is 0 Å². The molecule has 0 amide bonds. The summed E-state index contributed by atoms with van der Waals surface area (Å²) < 4.78 is 0. The summed E-state index contributed by atoms with van der Waals surface area (Å²) in [5.41, 5.74) is 4.05. The molecule has 0 atom stereocenters. The molecule has 0 radical (unpaired) electrons. The maximum atomic E-state index is 5.25. The number of amidine groups is 1. The molecule has 1 aromatic heterocycles. The van der Waals surface area contributed by atoms with E-state index in [1.54, 1.807) is 12.4 Å². The van der Waals surface area contributed by atoms with Gasteiger partial charge in [0.1, 0.15) is 11.5 Å². The third-order valence-electron chi connectivity index (χ3n) is 1.69. The van der Waals surface area contributed by atoms with E-state index < -0.39 is 0 Å². The molecule has 0 aromatic carbocycles. The number of hydrogen-bond acceptors (Lipinski definition) is 5. The van der Waals surface area contributed by atoms with E-state index in [9.17, 15) is 0 Å². The van der Waals surface area contributed by atoms with E-state index in [4.69, 9.17) is 5.84 Å². The van der Waals surface area contributed by atoms with Gasteiger partial charge in [-0.25, -0.2) is 10.8 Å². The van der Waals surface area contributed by atoms with Crippen LogP contribution >= 0.6 is 0 Å². The third kappa shape index (κ3) is 1.54. The maximum absolute atomic E-state index is 5.25. The highest BCUT2D eigenvalue weighted by atomic mass is 15.3. The minimum absolute atomic E-state index is 0.465. The molecular weight excluding hydrogens is 166 g/mol. The Balaban J connectivity index is 2.49. The summed E-state index contributed by atoms with van der Waals surface area (Å²) in [5.74, 6) is 5.90. The molecule has 0 bridgehead atoms. The van der Waals surface area contributed by atoms with Crippen LogP contribution in [0.2, 0.25) is 0 Å². The van der Waals surface area contributed by atoms with Crippen LogP contribution in [0.1, 0.15) is 5.69 Å². The molecule has 5 heteroatoms. The van der Waals surface area contributed by atoms with Crippen molar-refractivity contribution in [1.29, 1.82) is 0 Å². The number of fused-ring (bicyclic) bond motifs is 1. The van der Waals surface area contributed by atoms with E-state index in [1.807, 2.05) is 12.1 Å². The second-order valence-corrected chi connectivity index (χ2v) is 2.58. The Bertz CT molecular complexity index is 369. The molecule has 3 N–H and O–H groups in total. The van der Waals surface area contributed by atoms with E-state index in [-0.39, 0.29) is 0 Å². The van der Waals surface area contributed by atoms with Gasteiger partial charge in [0, 0.05) is 12.4 Å². The molecule has 66 valence electrons. The lowest BCUT2D eigenvalue weighted by Gasteiger charge is -1.99. The fraction of sp³-hybridized carbons (Fsp3) is 0.125. The summed E-state index contributed by atoms with van der Waals surface area (Å²) >= 11 is 0. The van der Waals surface area contributed by atoms with Gasteiger partial charge in [-0.15, -0.1) is 0 Å². The van der Waals surface area contributed by atoms with Crippen LogP contribution in [0.4, 0.5) is 5.69 Å². The van der Waals surface area contributed by atoms with Crippen molar-refractivity contribution in [2.45, 2.75) is 0 Å². The normalized spacial score (nSPS) is 14.4. The van der Waals surface area contributed by atoms with Gasteiger partial charge < -0.3 is 5.43 Å². The Morgan fingerprint density at radius 2 is 2.38 bits per heavy atom. The smallest absolute Gasteiger partial charge is 0.138 e. The number of rotatable bonds is 0. The zero-order valence-corrected chi connectivity index (χ0v) is 6.94. The second kappa shape index (κ2) is 3.32. The van der Waals surface area contributed by atoms with Crippen molar-refractivity contribution >= 4 is 17.7 Å². The van der Waals surface area contributed by atoms with Crippen molar-refractivity contribution in [2.75, 3.05) is 6.54 Å². The van der Waals surface area contributed by atoms with Crippen molar-refractivity contribution in [1.82, 2.24) is 10.4 Å². The predicted octanol–water partition coefficient (Wildman–Crippen LogP) is 0.00740. The molecule has 1 aliphatic rings. The summed E-state index contributed by atoms with van der Waals surface area (Å²) in [6.45, 7) is 0.465. The summed E-state index contributed by atoms with van der Waals surface area (Å²) in [5, 5.41) is 0. The molecule has 0 saturated carbocycles. The average Bonchev–Trinajstić information content (AvgIpc) is 2.38. The summed E-state index contributed by atoms with van der Waals surface area (Å²) in [7, 11) is 0. The number of pyridine rings is 1. The maximum Gasteiger partial charge on any atom is 0.138 e. The molecule has 0 aliphatic carbocycles. The van der Waals surface area contributed by atoms with Crippen molar-refractivity contribution in [3.05, 3.63) is 24.0 Å². The molecule has 5 nitrogen and oxygen atoms in total. The first kappa shape index (κ1) is 7.88. The van der Waals surface area contributed by atoms with E-state index in [2.05, 4.69) is 20.4 Å². The van der Waals surface area contributed by atoms with Crippen LogP contribution in [-0.4, -0.2) is 23.6 Å². The highest BCUT2D eigenvalue weighted by Crippen LogP contribution is 2.15. The fourth-order valence-corrected chi connectivity index (χ4v) is 1.08. The van der Waals surface area contributed by atoms with Crippen LogP contribution in [0.5, 0.6) is 0 Å². The predicted molar refractivity (Wildman–Crippen MR) is 51.1 cm³/mol. The van der Waals surface area contributed by atoms with Gasteiger partial charge in [0.2, 0.25) is 0 Å². The Morgan fingerprint density at radius 3 is 3.23 bits per heavy atom. The molecular formula is C8H9N5. The minimum Gasteiger partial charge on any atom is -0.310 e. The molecule has 1 aromatic rings. The first-order chi connectivity index (χ1) is 6.40.